The number of allylic oxidation sites excluding steroid dienone is 1. The highest BCUT2D eigenvalue weighted by molar-refractivity contribution is 6.00. The summed E-state index contributed by atoms with van der Waals surface area (Å²) in [6.07, 6.45) is 5.23. The fraction of sp³-hybridized carbons (Fsp3) is 0.714. The predicted molar refractivity (Wildman–Crippen MR) is 68.4 cm³/mol. The number of hydrogen-bond acceptors (Lipinski definition) is 5. The number of rotatable bonds is 4. The minimum absolute atomic E-state index is 0.146. The third kappa shape index (κ3) is 1.71. The van der Waals surface area contributed by atoms with Crippen LogP contribution in [0, 0.1) is 11.8 Å². The zero-order chi connectivity index (χ0) is 14.3. The molecule has 3 rings (SSSR count). The first-order chi connectivity index (χ1) is 9.61. The van der Waals surface area contributed by atoms with Crippen molar-refractivity contribution < 1.29 is 24.5 Å². The van der Waals surface area contributed by atoms with Gasteiger partial charge in [0, 0.05) is 12.5 Å². The molecule has 20 heavy (non-hydrogen) atoms. The molecule has 6 heteroatoms. The first kappa shape index (κ1) is 13.6. The summed E-state index contributed by atoms with van der Waals surface area (Å²) in [7, 11) is 0. The van der Waals surface area contributed by atoms with Crippen molar-refractivity contribution >= 4 is 11.9 Å². The summed E-state index contributed by atoms with van der Waals surface area (Å²) in [6, 6.07) is 0. The molecule has 1 amide bonds. The van der Waals surface area contributed by atoms with Gasteiger partial charge in [0.25, 0.3) is 0 Å². The topological polar surface area (TPSA) is 95.9 Å². The van der Waals surface area contributed by atoms with Crippen molar-refractivity contribution in [2.75, 3.05) is 6.61 Å². The minimum Gasteiger partial charge on any atom is -0.456 e. The van der Waals surface area contributed by atoms with E-state index in [0.29, 0.717) is 0 Å². The molecular formula is C14H19NO5. The van der Waals surface area contributed by atoms with Crippen LogP contribution in [0.3, 0.4) is 0 Å². The largest absolute Gasteiger partial charge is 0.456 e. The molecule has 3 aliphatic rings. The highest BCUT2D eigenvalue weighted by atomic mass is 16.6. The Labute approximate surface area is 116 Å². The summed E-state index contributed by atoms with van der Waals surface area (Å²) in [5, 5.41) is 22.3. The second-order valence-corrected chi connectivity index (χ2v) is 5.77. The quantitative estimate of drug-likeness (QED) is 0.477. The van der Waals surface area contributed by atoms with E-state index in [9.17, 15) is 14.7 Å². The number of hydrogen-bond donors (Lipinski definition) is 3. The number of carbonyl (C=O) groups excluding carboxylic acids is 2. The molecule has 6 nitrogen and oxygen atoms in total. The van der Waals surface area contributed by atoms with E-state index in [-0.39, 0.29) is 24.9 Å². The van der Waals surface area contributed by atoms with Crippen LogP contribution < -0.4 is 5.32 Å². The summed E-state index contributed by atoms with van der Waals surface area (Å²) in [5.41, 5.74) is -1.32. The molecule has 2 fully saturated rings. The van der Waals surface area contributed by atoms with Crippen LogP contribution in [-0.4, -0.2) is 46.4 Å². The third-order valence-electron chi connectivity index (χ3n) is 4.66. The Kier molecular flexibility index (Phi) is 3.30. The van der Waals surface area contributed by atoms with Gasteiger partial charge in [-0.15, -0.1) is 0 Å². The standard InChI is InChI=1S/C14H19NO5/c16-7-6-9-11-14(13(19)20-11,15-12(9)18)10(17)8-4-2-1-3-5-8/h2,4,8-11,16-17H,1,3,5-7H2,(H,15,18)/t8-,9-,10+,11?,14-/m1/s1. The fourth-order valence-corrected chi connectivity index (χ4v) is 3.54. The lowest BCUT2D eigenvalue weighted by atomic mass is 9.72. The zero-order valence-electron chi connectivity index (χ0n) is 11.1. The molecule has 0 aromatic rings. The van der Waals surface area contributed by atoms with Gasteiger partial charge in [-0.1, -0.05) is 12.2 Å². The van der Waals surface area contributed by atoms with Crippen LogP contribution in [0.15, 0.2) is 12.2 Å². The Morgan fingerprint density at radius 1 is 1.50 bits per heavy atom. The van der Waals surface area contributed by atoms with Crippen molar-refractivity contribution in [3.05, 3.63) is 12.2 Å². The lowest BCUT2D eigenvalue weighted by Gasteiger charge is -2.47. The predicted octanol–water partition coefficient (Wildman–Crippen LogP) is -0.504. The summed E-state index contributed by atoms with van der Waals surface area (Å²) >= 11 is 0. The highest BCUT2D eigenvalue weighted by Gasteiger charge is 2.72. The molecule has 3 N–H and O–H groups in total. The Morgan fingerprint density at radius 2 is 2.30 bits per heavy atom. The second-order valence-electron chi connectivity index (χ2n) is 5.77. The van der Waals surface area contributed by atoms with Gasteiger partial charge in [0.15, 0.2) is 0 Å². The van der Waals surface area contributed by atoms with E-state index in [4.69, 9.17) is 9.84 Å². The molecule has 1 aliphatic carbocycles. The number of ether oxygens (including phenoxy) is 1. The molecule has 0 spiro atoms. The van der Waals surface area contributed by atoms with Gasteiger partial charge in [0.2, 0.25) is 11.4 Å². The summed E-state index contributed by atoms with van der Waals surface area (Å²) < 4.78 is 5.10. The first-order valence-electron chi connectivity index (χ1n) is 7.10. The number of amides is 1. The van der Waals surface area contributed by atoms with E-state index in [0.717, 1.165) is 19.3 Å². The zero-order valence-corrected chi connectivity index (χ0v) is 11.1. The van der Waals surface area contributed by atoms with E-state index >= 15 is 0 Å². The van der Waals surface area contributed by atoms with E-state index < -0.39 is 29.6 Å². The monoisotopic (exact) mass is 281 g/mol. The van der Waals surface area contributed by atoms with Crippen molar-refractivity contribution in [1.82, 2.24) is 5.32 Å². The van der Waals surface area contributed by atoms with Gasteiger partial charge in [-0.25, -0.2) is 4.79 Å². The number of aliphatic hydroxyl groups is 2. The van der Waals surface area contributed by atoms with Gasteiger partial charge in [-0.05, 0) is 25.7 Å². The molecule has 2 saturated heterocycles. The maximum Gasteiger partial charge on any atom is 0.339 e. The van der Waals surface area contributed by atoms with Gasteiger partial charge < -0.3 is 20.3 Å². The van der Waals surface area contributed by atoms with Crippen LogP contribution in [0.25, 0.3) is 0 Å². The lowest BCUT2D eigenvalue weighted by molar-refractivity contribution is -0.207. The first-order valence-corrected chi connectivity index (χ1v) is 7.10. The summed E-state index contributed by atoms with van der Waals surface area (Å²) in [5.74, 6) is -1.61. The van der Waals surface area contributed by atoms with Crippen molar-refractivity contribution in [3.8, 4) is 0 Å². The molecule has 0 aromatic heterocycles. The number of esters is 1. The number of aliphatic hydroxyl groups excluding tert-OH is 2. The maximum absolute atomic E-state index is 12.0. The van der Waals surface area contributed by atoms with Crippen LogP contribution in [0.5, 0.6) is 0 Å². The Hall–Kier alpha value is -1.40. The van der Waals surface area contributed by atoms with E-state index in [1.807, 2.05) is 12.2 Å². The van der Waals surface area contributed by atoms with E-state index in [2.05, 4.69) is 5.32 Å². The Morgan fingerprint density at radius 3 is 2.90 bits per heavy atom. The van der Waals surface area contributed by atoms with E-state index in [1.165, 1.54) is 0 Å². The fourth-order valence-electron chi connectivity index (χ4n) is 3.54. The molecular weight excluding hydrogens is 262 g/mol. The van der Waals surface area contributed by atoms with Gasteiger partial charge in [-0.2, -0.15) is 0 Å². The van der Waals surface area contributed by atoms with Gasteiger partial charge in [0.1, 0.15) is 6.10 Å². The van der Waals surface area contributed by atoms with E-state index in [1.54, 1.807) is 0 Å². The lowest BCUT2D eigenvalue weighted by Crippen LogP contribution is -2.74. The molecule has 5 atom stereocenters. The number of fused-ring (bicyclic) bond motifs is 1. The molecule has 2 heterocycles. The molecule has 0 saturated carbocycles. The molecule has 110 valence electrons. The summed E-state index contributed by atoms with van der Waals surface area (Å²) in [6.45, 7) is -0.151. The SMILES string of the molecule is O=C1N[C@@]2([C@@H](O)[C@@H]3C=CCCC3)C(=O)OC2[C@H]1CCO. The van der Waals surface area contributed by atoms with Crippen molar-refractivity contribution in [3.63, 3.8) is 0 Å². The van der Waals surface area contributed by atoms with Crippen LogP contribution in [0.1, 0.15) is 25.7 Å². The molecule has 1 unspecified atom stereocenters. The Bertz CT molecular complexity index is 462. The van der Waals surface area contributed by atoms with Crippen LogP contribution in [-0.2, 0) is 14.3 Å². The minimum atomic E-state index is -1.32. The van der Waals surface area contributed by atoms with Crippen LogP contribution >= 0.6 is 0 Å². The van der Waals surface area contributed by atoms with Crippen molar-refractivity contribution in [2.24, 2.45) is 11.8 Å². The second kappa shape index (κ2) is 4.86. The van der Waals surface area contributed by atoms with Gasteiger partial charge in [0.05, 0.1) is 12.0 Å². The maximum atomic E-state index is 12.0. The average molecular weight is 281 g/mol. The van der Waals surface area contributed by atoms with Gasteiger partial charge >= 0.3 is 5.97 Å². The highest BCUT2D eigenvalue weighted by Crippen LogP contribution is 2.45. The van der Waals surface area contributed by atoms with Crippen molar-refractivity contribution in [2.45, 2.75) is 43.4 Å². The molecule has 2 aliphatic heterocycles. The Balaban J connectivity index is 1.86. The van der Waals surface area contributed by atoms with Crippen LogP contribution in [0.2, 0.25) is 0 Å². The molecule has 0 bridgehead atoms. The van der Waals surface area contributed by atoms with Gasteiger partial charge in [-0.3, -0.25) is 4.79 Å². The smallest absolute Gasteiger partial charge is 0.339 e. The normalized spacial score (nSPS) is 40.6. The van der Waals surface area contributed by atoms with Crippen LogP contribution in [0.4, 0.5) is 0 Å². The molecule has 0 radical (unpaired) electrons. The third-order valence-corrected chi connectivity index (χ3v) is 4.66. The number of nitrogens with one attached hydrogen (secondary N) is 1. The van der Waals surface area contributed by atoms with Crippen molar-refractivity contribution in [1.29, 1.82) is 0 Å². The molecule has 0 aromatic carbocycles. The number of carbonyl (C=O) groups is 2. The summed E-state index contributed by atoms with van der Waals surface area (Å²) in [4.78, 5) is 23.9. The average Bonchev–Trinajstić information content (AvgIpc) is 2.69.